The SMILES string of the molecule is O=C(CCl)NCc1ccc(Br)cc1. The molecule has 1 aromatic carbocycles. The molecule has 0 radical (unpaired) electrons. The van der Waals surface area contributed by atoms with Crippen LogP contribution in [0.5, 0.6) is 0 Å². The zero-order valence-electron chi connectivity index (χ0n) is 6.89. The molecule has 0 saturated carbocycles. The first-order valence-electron chi connectivity index (χ1n) is 3.79. The highest BCUT2D eigenvalue weighted by molar-refractivity contribution is 9.10. The van der Waals surface area contributed by atoms with Crippen molar-refractivity contribution in [2.45, 2.75) is 6.54 Å². The number of rotatable bonds is 3. The van der Waals surface area contributed by atoms with E-state index in [2.05, 4.69) is 21.2 Å². The number of hydrogen-bond acceptors (Lipinski definition) is 1. The van der Waals surface area contributed by atoms with Crippen molar-refractivity contribution < 1.29 is 4.79 Å². The molecule has 0 aliphatic rings. The lowest BCUT2D eigenvalue weighted by Crippen LogP contribution is -2.23. The maximum atomic E-state index is 10.8. The molecular weight excluding hydrogens is 253 g/mol. The summed E-state index contributed by atoms with van der Waals surface area (Å²) in [6, 6.07) is 7.75. The maximum Gasteiger partial charge on any atom is 0.235 e. The molecule has 1 N–H and O–H groups in total. The highest BCUT2D eigenvalue weighted by Crippen LogP contribution is 2.09. The Kier molecular flexibility index (Phi) is 4.25. The van der Waals surface area contributed by atoms with E-state index in [0.29, 0.717) is 6.54 Å². The van der Waals surface area contributed by atoms with Gasteiger partial charge in [0.05, 0.1) is 0 Å². The fraction of sp³-hybridized carbons (Fsp3) is 0.222. The zero-order valence-corrected chi connectivity index (χ0v) is 9.23. The van der Waals surface area contributed by atoms with Gasteiger partial charge >= 0.3 is 0 Å². The molecule has 1 amide bonds. The summed E-state index contributed by atoms with van der Waals surface area (Å²) in [5.74, 6) is -0.138. The molecule has 4 heteroatoms. The summed E-state index contributed by atoms with van der Waals surface area (Å²) in [5, 5.41) is 2.68. The van der Waals surface area contributed by atoms with Crippen molar-refractivity contribution in [2.75, 3.05) is 5.88 Å². The molecule has 0 spiro atoms. The highest BCUT2D eigenvalue weighted by Gasteiger charge is 1.97. The van der Waals surface area contributed by atoms with Gasteiger partial charge in [-0.1, -0.05) is 28.1 Å². The molecule has 0 saturated heterocycles. The maximum absolute atomic E-state index is 10.8. The summed E-state index contributed by atoms with van der Waals surface area (Å²) < 4.78 is 1.03. The second-order valence-electron chi connectivity index (χ2n) is 2.54. The van der Waals surface area contributed by atoms with Crippen LogP contribution in [0.2, 0.25) is 0 Å². The van der Waals surface area contributed by atoms with Crippen LogP contribution < -0.4 is 5.32 Å². The molecule has 0 fully saturated rings. The fourth-order valence-electron chi connectivity index (χ4n) is 0.850. The number of alkyl halides is 1. The molecule has 0 aliphatic heterocycles. The number of carbonyl (C=O) groups is 1. The van der Waals surface area contributed by atoms with Gasteiger partial charge < -0.3 is 5.32 Å². The van der Waals surface area contributed by atoms with Crippen LogP contribution in [-0.4, -0.2) is 11.8 Å². The minimum atomic E-state index is -0.149. The normalized spacial score (nSPS) is 9.69. The van der Waals surface area contributed by atoms with Gasteiger partial charge in [0.25, 0.3) is 0 Å². The van der Waals surface area contributed by atoms with Crippen LogP contribution in [0.15, 0.2) is 28.7 Å². The molecular formula is C9H9BrClNO. The first-order chi connectivity index (χ1) is 6.22. The average molecular weight is 263 g/mol. The monoisotopic (exact) mass is 261 g/mol. The van der Waals surface area contributed by atoms with Crippen LogP contribution in [0.4, 0.5) is 0 Å². The number of halogens is 2. The molecule has 0 unspecified atom stereocenters. The molecule has 0 atom stereocenters. The topological polar surface area (TPSA) is 29.1 Å². The molecule has 0 heterocycles. The molecule has 0 bridgehead atoms. The zero-order chi connectivity index (χ0) is 9.68. The average Bonchev–Trinajstić information content (AvgIpc) is 2.16. The van der Waals surface area contributed by atoms with Gasteiger partial charge in [0.15, 0.2) is 0 Å². The number of amides is 1. The van der Waals surface area contributed by atoms with Crippen molar-refractivity contribution >= 4 is 33.4 Å². The van der Waals surface area contributed by atoms with Gasteiger partial charge in [-0.05, 0) is 17.7 Å². The largest absolute Gasteiger partial charge is 0.351 e. The number of carbonyl (C=O) groups excluding carboxylic acids is 1. The lowest BCUT2D eigenvalue weighted by Gasteiger charge is -2.02. The van der Waals surface area contributed by atoms with Crippen LogP contribution in [0.1, 0.15) is 5.56 Å². The highest BCUT2D eigenvalue weighted by atomic mass is 79.9. The minimum absolute atomic E-state index is 0.0104. The van der Waals surface area contributed by atoms with Crippen molar-refractivity contribution in [1.82, 2.24) is 5.32 Å². The lowest BCUT2D eigenvalue weighted by molar-refractivity contribution is -0.118. The summed E-state index contributed by atoms with van der Waals surface area (Å²) in [7, 11) is 0. The van der Waals surface area contributed by atoms with Gasteiger partial charge in [0, 0.05) is 11.0 Å². The van der Waals surface area contributed by atoms with E-state index in [-0.39, 0.29) is 11.8 Å². The second kappa shape index (κ2) is 5.25. The van der Waals surface area contributed by atoms with Gasteiger partial charge in [0.2, 0.25) is 5.91 Å². The van der Waals surface area contributed by atoms with Gasteiger partial charge in [-0.2, -0.15) is 0 Å². The second-order valence-corrected chi connectivity index (χ2v) is 3.72. The third-order valence-electron chi connectivity index (χ3n) is 1.52. The van der Waals surface area contributed by atoms with Gasteiger partial charge in [-0.3, -0.25) is 4.79 Å². The molecule has 0 aliphatic carbocycles. The first kappa shape index (κ1) is 10.5. The quantitative estimate of drug-likeness (QED) is 0.832. The van der Waals surface area contributed by atoms with Gasteiger partial charge in [-0.25, -0.2) is 0 Å². The van der Waals surface area contributed by atoms with Crippen LogP contribution in [0.25, 0.3) is 0 Å². The fourth-order valence-corrected chi connectivity index (χ4v) is 1.21. The molecule has 0 aromatic heterocycles. The van der Waals surface area contributed by atoms with Crippen molar-refractivity contribution in [3.8, 4) is 0 Å². The summed E-state index contributed by atoms with van der Waals surface area (Å²) in [6.45, 7) is 0.527. The van der Waals surface area contributed by atoms with E-state index < -0.39 is 0 Å². The summed E-state index contributed by atoms with van der Waals surface area (Å²) in [4.78, 5) is 10.8. The molecule has 2 nitrogen and oxygen atoms in total. The van der Waals surface area contributed by atoms with E-state index in [4.69, 9.17) is 11.6 Å². The van der Waals surface area contributed by atoms with Gasteiger partial charge in [0.1, 0.15) is 5.88 Å². The van der Waals surface area contributed by atoms with Crippen molar-refractivity contribution in [3.63, 3.8) is 0 Å². The van der Waals surface area contributed by atoms with E-state index in [0.717, 1.165) is 10.0 Å². The summed E-state index contributed by atoms with van der Waals surface area (Å²) >= 11 is 8.65. The Balaban J connectivity index is 2.46. The molecule has 1 aromatic rings. The molecule has 13 heavy (non-hydrogen) atoms. The summed E-state index contributed by atoms with van der Waals surface area (Å²) in [6.07, 6.45) is 0. The van der Waals surface area contributed by atoms with Crippen molar-refractivity contribution in [2.24, 2.45) is 0 Å². The summed E-state index contributed by atoms with van der Waals surface area (Å²) in [5.41, 5.74) is 1.06. The van der Waals surface area contributed by atoms with E-state index in [1.54, 1.807) is 0 Å². The predicted octanol–water partition coefficient (Wildman–Crippen LogP) is 2.30. The Bertz CT molecular complexity index is 286. The van der Waals surface area contributed by atoms with E-state index >= 15 is 0 Å². The van der Waals surface area contributed by atoms with Crippen molar-refractivity contribution in [1.29, 1.82) is 0 Å². The number of benzene rings is 1. The van der Waals surface area contributed by atoms with Crippen molar-refractivity contribution in [3.05, 3.63) is 34.3 Å². The van der Waals surface area contributed by atoms with Crippen LogP contribution in [0.3, 0.4) is 0 Å². The minimum Gasteiger partial charge on any atom is -0.351 e. The van der Waals surface area contributed by atoms with Gasteiger partial charge in [-0.15, -0.1) is 11.6 Å². The number of nitrogens with one attached hydrogen (secondary N) is 1. The van der Waals surface area contributed by atoms with Crippen LogP contribution >= 0.6 is 27.5 Å². The lowest BCUT2D eigenvalue weighted by atomic mass is 10.2. The predicted molar refractivity (Wildman–Crippen MR) is 56.7 cm³/mol. The third kappa shape index (κ3) is 3.79. The third-order valence-corrected chi connectivity index (χ3v) is 2.30. The molecule has 70 valence electrons. The van der Waals surface area contributed by atoms with E-state index in [1.165, 1.54) is 0 Å². The smallest absolute Gasteiger partial charge is 0.235 e. The number of hydrogen-bond donors (Lipinski definition) is 1. The Morgan fingerprint density at radius 1 is 1.38 bits per heavy atom. The van der Waals surface area contributed by atoms with E-state index in [9.17, 15) is 4.79 Å². The Morgan fingerprint density at radius 3 is 2.54 bits per heavy atom. The standard InChI is InChI=1S/C9H9BrClNO/c10-8-3-1-7(2-4-8)6-12-9(13)5-11/h1-4H,5-6H2,(H,12,13). The Hall–Kier alpha value is -0.540. The van der Waals surface area contributed by atoms with E-state index in [1.807, 2.05) is 24.3 Å². The van der Waals surface area contributed by atoms with Crippen LogP contribution in [-0.2, 0) is 11.3 Å². The Labute approximate surface area is 90.4 Å². The molecule has 1 rings (SSSR count). The Morgan fingerprint density at radius 2 is 2.00 bits per heavy atom. The van der Waals surface area contributed by atoms with Crippen LogP contribution in [0, 0.1) is 0 Å². The first-order valence-corrected chi connectivity index (χ1v) is 5.12.